The van der Waals surface area contributed by atoms with Gasteiger partial charge in [-0.2, -0.15) is 6.08 Å². The summed E-state index contributed by atoms with van der Waals surface area (Å²) in [5, 5.41) is 5.39. The smallest absolute Gasteiger partial charge is 0.0771 e. The molecule has 1 aliphatic rings. The maximum absolute atomic E-state index is 2.99. The standard InChI is InChI=1S/C13H9.C5H5.C2H6Si.2CH3.Zr/c1-3-7-12-10(5-1)9-11-6-2-4-8-13(11)12;1-2-4-5-3-1;1-3-2;;;/h1-9H;1-3H,4H2;1-2H3;2*1H3;/q2*-1;;2*-1;. The quantitative estimate of drug-likeness (QED) is 0.286. The SMILES string of the molecule is C[Si](C)=[Zr].[C-]1=CC=CC1.[CH3-].[CH3-].c1ccc2c(c1)[cH-]c1ccccc12. The van der Waals surface area contributed by atoms with Crippen LogP contribution in [0.4, 0.5) is 0 Å². The molecule has 0 fully saturated rings. The Hall–Kier alpha value is -1.11. The van der Waals surface area contributed by atoms with Crippen molar-refractivity contribution >= 4 is 27.0 Å². The Morgan fingerprint density at radius 3 is 1.71 bits per heavy atom. The maximum atomic E-state index is 2.99. The molecule has 3 aromatic rings. The fourth-order valence-corrected chi connectivity index (χ4v) is 2.24. The van der Waals surface area contributed by atoms with E-state index in [4.69, 9.17) is 0 Å². The van der Waals surface area contributed by atoms with Crippen LogP contribution in [0.2, 0.25) is 13.1 Å². The average Bonchev–Trinajstić information content (AvgIpc) is 3.18. The first-order valence-corrected chi connectivity index (χ1v) is 13.6. The van der Waals surface area contributed by atoms with Crippen LogP contribution in [0.3, 0.4) is 0 Å². The molecule has 0 heterocycles. The Morgan fingerprint density at radius 1 is 0.917 bits per heavy atom. The summed E-state index contributed by atoms with van der Waals surface area (Å²) in [6.07, 6.45) is 10.0. The summed E-state index contributed by atoms with van der Waals surface area (Å²) >= 11 is 1.74. The third-order valence-electron chi connectivity index (χ3n) is 3.11. The topological polar surface area (TPSA) is 0 Å². The zero-order valence-corrected chi connectivity index (χ0v) is 18.6. The second-order valence-electron chi connectivity index (χ2n) is 5.32. The van der Waals surface area contributed by atoms with E-state index >= 15 is 0 Å². The van der Waals surface area contributed by atoms with Gasteiger partial charge in [0.25, 0.3) is 0 Å². The van der Waals surface area contributed by atoms with Crippen molar-refractivity contribution in [3.63, 3.8) is 0 Å². The van der Waals surface area contributed by atoms with Gasteiger partial charge in [0.2, 0.25) is 0 Å². The fourth-order valence-electron chi connectivity index (χ4n) is 2.24. The molecule has 126 valence electrons. The Balaban J connectivity index is 0.000000409. The van der Waals surface area contributed by atoms with Crippen LogP contribution in [0.5, 0.6) is 0 Å². The number of rotatable bonds is 0. The van der Waals surface area contributed by atoms with Crippen molar-refractivity contribution < 1.29 is 23.3 Å². The number of allylic oxidation sites excluding steroid dienone is 4. The molecule has 0 radical (unpaired) electrons. The van der Waals surface area contributed by atoms with Gasteiger partial charge in [0.05, 0.1) is 0 Å². The minimum Gasteiger partial charge on any atom is -0.358 e. The van der Waals surface area contributed by atoms with E-state index in [1.807, 2.05) is 12.2 Å². The summed E-state index contributed by atoms with van der Waals surface area (Å²) < 4.78 is 0. The van der Waals surface area contributed by atoms with Crippen molar-refractivity contribution in [3.8, 4) is 0 Å². The second-order valence-corrected chi connectivity index (χ2v) is 14.7. The van der Waals surface area contributed by atoms with Crippen molar-refractivity contribution in [1.29, 1.82) is 0 Å². The van der Waals surface area contributed by atoms with Gasteiger partial charge in [-0.3, -0.25) is 6.08 Å². The first kappa shape index (κ1) is 22.9. The van der Waals surface area contributed by atoms with Crippen LogP contribution in [0.15, 0.2) is 72.8 Å². The molecule has 0 spiro atoms. The second kappa shape index (κ2) is 12.3. The molecular formula is C22H26SiZr-4. The molecule has 4 rings (SSSR count). The Morgan fingerprint density at radius 2 is 1.38 bits per heavy atom. The zero-order chi connectivity index (χ0) is 15.8. The van der Waals surface area contributed by atoms with Crippen LogP contribution in [-0.2, 0) is 23.3 Å². The van der Waals surface area contributed by atoms with Crippen molar-refractivity contribution in [2.75, 3.05) is 0 Å². The predicted molar refractivity (Wildman–Crippen MR) is 109 cm³/mol. The van der Waals surface area contributed by atoms with E-state index < -0.39 is 0 Å². The van der Waals surface area contributed by atoms with Crippen LogP contribution in [0.25, 0.3) is 21.5 Å². The molecule has 3 aromatic carbocycles. The van der Waals surface area contributed by atoms with E-state index in [1.165, 1.54) is 21.5 Å². The molecule has 0 aliphatic heterocycles. The Labute approximate surface area is 163 Å². The number of hydrogen-bond acceptors (Lipinski definition) is 0. The van der Waals surface area contributed by atoms with E-state index in [9.17, 15) is 0 Å². The van der Waals surface area contributed by atoms with Gasteiger partial charge in [0.1, 0.15) is 0 Å². The van der Waals surface area contributed by atoms with Gasteiger partial charge in [-0.25, -0.2) is 12.2 Å². The minimum absolute atomic E-state index is 0. The third kappa shape index (κ3) is 7.20. The third-order valence-corrected chi connectivity index (χ3v) is 3.11. The summed E-state index contributed by atoms with van der Waals surface area (Å²) in [6, 6.07) is 19.3. The molecule has 0 N–H and O–H groups in total. The van der Waals surface area contributed by atoms with Crippen LogP contribution in [0.1, 0.15) is 6.42 Å². The van der Waals surface area contributed by atoms with Crippen molar-refractivity contribution in [1.82, 2.24) is 0 Å². The molecule has 2 heteroatoms. The van der Waals surface area contributed by atoms with E-state index in [2.05, 4.69) is 79.8 Å². The van der Waals surface area contributed by atoms with Crippen LogP contribution >= 0.6 is 0 Å². The molecule has 1 aliphatic carbocycles. The molecule has 0 nitrogen and oxygen atoms in total. The Bertz CT molecular complexity index is 745. The molecule has 24 heavy (non-hydrogen) atoms. The minimum atomic E-state index is 0. The molecule has 0 saturated heterocycles. The van der Waals surface area contributed by atoms with Gasteiger partial charge < -0.3 is 14.9 Å². The van der Waals surface area contributed by atoms with Crippen molar-refractivity contribution in [2.24, 2.45) is 0 Å². The molecule has 0 amide bonds. The van der Waals surface area contributed by atoms with E-state index in [-0.39, 0.29) is 20.3 Å². The zero-order valence-electron chi connectivity index (χ0n) is 15.1. The summed E-state index contributed by atoms with van der Waals surface area (Å²) in [4.78, 5) is 0. The molecule has 0 aromatic heterocycles. The first-order chi connectivity index (χ1) is 10.7. The number of benzene rings is 2. The summed E-state index contributed by atoms with van der Waals surface area (Å²) in [5.74, 6) is 0. The first-order valence-electron chi connectivity index (χ1n) is 7.45. The normalized spacial score (nSPS) is 10.7. The van der Waals surface area contributed by atoms with Gasteiger partial charge >= 0.3 is 41.9 Å². The van der Waals surface area contributed by atoms with Crippen molar-refractivity contribution in [2.45, 2.75) is 19.5 Å². The van der Waals surface area contributed by atoms with E-state index in [0.717, 1.165) is 6.42 Å². The van der Waals surface area contributed by atoms with Crippen LogP contribution in [-0.4, -0.2) is 5.43 Å². The van der Waals surface area contributed by atoms with Gasteiger partial charge in [-0.1, -0.05) is 36.4 Å². The molecule has 0 saturated carbocycles. The van der Waals surface area contributed by atoms with Crippen LogP contribution < -0.4 is 0 Å². The van der Waals surface area contributed by atoms with E-state index in [0.29, 0.717) is 0 Å². The van der Waals surface area contributed by atoms with Crippen LogP contribution in [0, 0.1) is 20.9 Å². The number of fused-ring (bicyclic) bond motifs is 3. The fraction of sp³-hybridized carbons (Fsp3) is 0.136. The van der Waals surface area contributed by atoms with Crippen molar-refractivity contribution in [3.05, 3.63) is 93.8 Å². The molecule has 0 atom stereocenters. The summed E-state index contributed by atoms with van der Waals surface area (Å²) in [5.41, 5.74) is 0.210. The van der Waals surface area contributed by atoms with Gasteiger partial charge in [0, 0.05) is 0 Å². The maximum Gasteiger partial charge on any atom is -0.0771 e. The molecular weight excluding hydrogens is 384 g/mol. The van der Waals surface area contributed by atoms with Gasteiger partial charge in [-0.05, 0) is 0 Å². The molecule has 0 unspecified atom stereocenters. The number of hydrogen-bond donors (Lipinski definition) is 0. The van der Waals surface area contributed by atoms with E-state index in [1.54, 1.807) is 23.3 Å². The monoisotopic (exact) mass is 408 g/mol. The molecule has 0 bridgehead atoms. The van der Waals surface area contributed by atoms with Gasteiger partial charge in [-0.15, -0.1) is 46.2 Å². The van der Waals surface area contributed by atoms with Gasteiger partial charge in [0.15, 0.2) is 0 Å². The summed E-state index contributed by atoms with van der Waals surface area (Å²) in [6.45, 7) is 4.62. The summed E-state index contributed by atoms with van der Waals surface area (Å²) in [7, 11) is 0. The predicted octanol–water partition coefficient (Wildman–Crippen LogP) is 6.70. The Kier molecular flexibility index (Phi) is 11.7. The largest absolute Gasteiger partial charge is 0.358 e. The average molecular weight is 410 g/mol.